The van der Waals surface area contributed by atoms with Gasteiger partial charge in [-0.2, -0.15) is 52.7 Å². The highest BCUT2D eigenvalue weighted by Crippen LogP contribution is 2.59. The molecule has 0 aliphatic rings. The van der Waals surface area contributed by atoms with Gasteiger partial charge in [-0.05, 0) is 89.0 Å². The van der Waals surface area contributed by atoms with Crippen molar-refractivity contribution < 1.29 is 92.3 Å². The van der Waals surface area contributed by atoms with Gasteiger partial charge in [0.05, 0.1) is 22.7 Å². The Morgan fingerprint density at radius 2 is 0.621 bits per heavy atom. The summed E-state index contributed by atoms with van der Waals surface area (Å²) in [6, 6.07) is 6.99. The summed E-state index contributed by atoms with van der Waals surface area (Å²) in [5, 5.41) is 48.7. The number of alkyl halides is 12. The highest BCUT2D eigenvalue weighted by Gasteiger charge is 2.74. The van der Waals surface area contributed by atoms with Gasteiger partial charge in [-0.1, -0.05) is 30.3 Å². The first-order valence-electron chi connectivity index (χ1n) is 18.3. The standard InChI is InChI=1S/C42H30F12N4O8/c1-19(59)55-27-15-23(6-10-31(27)61)37(39(43,44)45,40(46,47)48)25-8-12-33(63)29(17-25)57-35(65)21-4-3-5-22(14-21)36(66)58-30-18-26(9-13-34(30)64)38(41(49,50)51,42(52,53)54)24-7-11-32(62)28(16-24)56-20(2)60/h3-18,61-64H,1-2H3,(H,55,59)(H,56,60)(H,57,65)(H,58,66). The minimum Gasteiger partial charge on any atom is -0.506 e. The van der Waals surface area contributed by atoms with Crippen LogP contribution in [0.1, 0.15) is 56.8 Å². The monoisotopic (exact) mass is 946 g/mol. The topological polar surface area (TPSA) is 197 Å². The zero-order valence-electron chi connectivity index (χ0n) is 33.2. The van der Waals surface area contributed by atoms with Crippen molar-refractivity contribution in [3.63, 3.8) is 0 Å². The number of nitrogens with one attached hydrogen (secondary N) is 4. The van der Waals surface area contributed by atoms with Gasteiger partial charge in [-0.3, -0.25) is 19.2 Å². The molecule has 0 unspecified atom stereocenters. The maximum atomic E-state index is 14.9. The number of halogens is 12. The van der Waals surface area contributed by atoms with Crippen LogP contribution in [0.25, 0.3) is 0 Å². The number of carbonyl (C=O) groups is 4. The predicted octanol–water partition coefficient (Wildman–Crippen LogP) is 9.75. The van der Waals surface area contributed by atoms with E-state index in [1.54, 1.807) is 0 Å². The first-order chi connectivity index (χ1) is 30.4. The molecule has 0 aliphatic carbocycles. The fourth-order valence-electron chi connectivity index (χ4n) is 7.01. The smallest absolute Gasteiger partial charge is 0.411 e. The fourth-order valence-corrected chi connectivity index (χ4v) is 7.01. The van der Waals surface area contributed by atoms with Crippen LogP contribution in [0.4, 0.5) is 75.4 Å². The predicted molar refractivity (Wildman–Crippen MR) is 209 cm³/mol. The molecular weight excluding hydrogens is 916 g/mol. The van der Waals surface area contributed by atoms with Crippen LogP contribution in [-0.4, -0.2) is 68.8 Å². The maximum absolute atomic E-state index is 14.9. The van der Waals surface area contributed by atoms with Crippen LogP contribution in [0.2, 0.25) is 0 Å². The van der Waals surface area contributed by atoms with Gasteiger partial charge in [0.25, 0.3) is 11.8 Å². The summed E-state index contributed by atoms with van der Waals surface area (Å²) in [5.74, 6) is -8.72. The molecule has 0 heterocycles. The zero-order valence-corrected chi connectivity index (χ0v) is 33.2. The van der Waals surface area contributed by atoms with Crippen molar-refractivity contribution in [3.8, 4) is 23.0 Å². The second-order valence-electron chi connectivity index (χ2n) is 14.3. The lowest BCUT2D eigenvalue weighted by Gasteiger charge is -2.38. The van der Waals surface area contributed by atoms with Crippen molar-refractivity contribution in [1.29, 1.82) is 0 Å². The SMILES string of the molecule is CC(=O)Nc1cc(C(c2ccc(O)c(NC(=O)c3cccc(C(=O)Nc4cc(C(c5ccc(O)c(NC(C)=O)c5)(C(F)(F)F)C(F)(F)F)ccc4O)c3)c2)(C(F)(F)F)C(F)(F)F)ccc1O. The van der Waals surface area contributed by atoms with Gasteiger partial charge in [-0.25, -0.2) is 0 Å². The van der Waals surface area contributed by atoms with Crippen LogP contribution in [0.5, 0.6) is 23.0 Å². The molecule has 4 amide bonds. The Balaban J connectivity index is 1.53. The number of benzene rings is 5. The van der Waals surface area contributed by atoms with E-state index in [2.05, 4.69) is 0 Å². The molecule has 350 valence electrons. The van der Waals surface area contributed by atoms with E-state index >= 15 is 0 Å². The van der Waals surface area contributed by atoms with Crippen LogP contribution in [0.3, 0.4) is 0 Å². The second-order valence-corrected chi connectivity index (χ2v) is 14.3. The Labute approximate surface area is 362 Å². The molecule has 0 aromatic heterocycles. The van der Waals surface area contributed by atoms with E-state index in [9.17, 15) is 92.3 Å². The van der Waals surface area contributed by atoms with Crippen LogP contribution < -0.4 is 21.3 Å². The highest BCUT2D eigenvalue weighted by atomic mass is 19.4. The molecule has 5 rings (SSSR count). The largest absolute Gasteiger partial charge is 0.506 e. The van der Waals surface area contributed by atoms with E-state index in [-0.39, 0.29) is 48.5 Å². The molecular formula is C42H30F12N4O8. The van der Waals surface area contributed by atoms with Gasteiger partial charge >= 0.3 is 24.7 Å². The Hall–Kier alpha value is -7.66. The van der Waals surface area contributed by atoms with Gasteiger partial charge in [0.15, 0.2) is 0 Å². The average Bonchev–Trinajstić information content (AvgIpc) is 3.17. The molecule has 8 N–H and O–H groups in total. The number of carbonyl (C=O) groups excluding carboxylic acids is 4. The molecule has 24 heteroatoms. The molecule has 0 saturated heterocycles. The van der Waals surface area contributed by atoms with Crippen molar-refractivity contribution in [3.05, 3.63) is 130 Å². The summed E-state index contributed by atoms with van der Waals surface area (Å²) in [6.07, 6.45) is -25.0. The minimum absolute atomic E-state index is 0.131. The quantitative estimate of drug-likeness (QED) is 0.0500. The summed E-state index contributed by atoms with van der Waals surface area (Å²) in [7, 11) is 0. The van der Waals surface area contributed by atoms with E-state index in [1.165, 1.54) is 0 Å². The Kier molecular flexibility index (Phi) is 13.0. The van der Waals surface area contributed by atoms with Crippen LogP contribution in [0, 0.1) is 0 Å². The number of aromatic hydroxyl groups is 4. The molecule has 0 radical (unpaired) electrons. The number of amides is 4. The average molecular weight is 947 g/mol. The summed E-state index contributed by atoms with van der Waals surface area (Å²) in [6.45, 7) is 1.71. The maximum Gasteiger partial charge on any atom is 0.411 e. The third kappa shape index (κ3) is 9.02. The minimum atomic E-state index is -6.24. The second kappa shape index (κ2) is 17.4. The lowest BCUT2D eigenvalue weighted by atomic mass is 9.72. The summed E-state index contributed by atoms with van der Waals surface area (Å²) < 4.78 is 179. The molecule has 0 spiro atoms. The van der Waals surface area contributed by atoms with Gasteiger partial charge in [0.2, 0.25) is 22.6 Å². The molecule has 5 aromatic carbocycles. The molecule has 66 heavy (non-hydrogen) atoms. The zero-order chi connectivity index (χ0) is 49.5. The number of phenolic OH excluding ortho intramolecular Hbond substituents is 4. The molecule has 0 atom stereocenters. The van der Waals surface area contributed by atoms with Gasteiger partial charge in [-0.15, -0.1) is 0 Å². The lowest BCUT2D eigenvalue weighted by molar-refractivity contribution is -0.290. The number of phenols is 4. The van der Waals surface area contributed by atoms with Crippen molar-refractivity contribution >= 4 is 46.4 Å². The number of anilines is 4. The molecule has 0 saturated carbocycles. The van der Waals surface area contributed by atoms with E-state index in [1.807, 2.05) is 21.3 Å². The van der Waals surface area contributed by atoms with Crippen molar-refractivity contribution in [2.45, 2.75) is 49.4 Å². The van der Waals surface area contributed by atoms with E-state index in [0.29, 0.717) is 30.3 Å². The molecule has 0 aliphatic heterocycles. The summed E-state index contributed by atoms with van der Waals surface area (Å²) in [5.41, 5.74) is -21.3. The Bertz CT molecular complexity index is 2530. The van der Waals surface area contributed by atoms with Gasteiger partial charge in [0.1, 0.15) is 23.0 Å². The van der Waals surface area contributed by atoms with E-state index in [0.717, 1.165) is 32.0 Å². The molecule has 12 nitrogen and oxygen atoms in total. The van der Waals surface area contributed by atoms with Gasteiger partial charge < -0.3 is 41.7 Å². The number of hydrogen-bond donors (Lipinski definition) is 8. The van der Waals surface area contributed by atoms with Gasteiger partial charge in [0, 0.05) is 25.0 Å². The van der Waals surface area contributed by atoms with Crippen molar-refractivity contribution in [2.75, 3.05) is 21.3 Å². The molecule has 0 fully saturated rings. The van der Waals surface area contributed by atoms with Crippen molar-refractivity contribution in [2.24, 2.45) is 0 Å². The normalized spacial score (nSPS) is 12.6. The van der Waals surface area contributed by atoms with Crippen LogP contribution >= 0.6 is 0 Å². The Morgan fingerprint density at radius 3 is 0.848 bits per heavy atom. The fraction of sp³-hybridized carbons (Fsp3) is 0.190. The number of hydrogen-bond acceptors (Lipinski definition) is 8. The molecule has 0 bridgehead atoms. The highest BCUT2D eigenvalue weighted by molar-refractivity contribution is 6.09. The summed E-state index contributed by atoms with van der Waals surface area (Å²) in [4.78, 5) is 49.9. The van der Waals surface area contributed by atoms with Crippen LogP contribution in [0.15, 0.2) is 97.1 Å². The van der Waals surface area contributed by atoms with Crippen molar-refractivity contribution in [1.82, 2.24) is 0 Å². The first-order valence-corrected chi connectivity index (χ1v) is 18.3. The third-order valence-corrected chi connectivity index (χ3v) is 9.92. The molecule has 5 aromatic rings. The summed E-state index contributed by atoms with van der Waals surface area (Å²) >= 11 is 0. The number of rotatable bonds is 10. The Morgan fingerprint density at radius 1 is 0.379 bits per heavy atom. The van der Waals surface area contributed by atoms with E-state index in [4.69, 9.17) is 0 Å². The van der Waals surface area contributed by atoms with E-state index < -0.39 is 138 Å². The van der Waals surface area contributed by atoms with Crippen LogP contribution in [-0.2, 0) is 20.4 Å². The first kappa shape index (κ1) is 49.4. The third-order valence-electron chi connectivity index (χ3n) is 9.92. The lowest BCUT2D eigenvalue weighted by Crippen LogP contribution is -2.54.